The first kappa shape index (κ1) is 15.3. The van der Waals surface area contributed by atoms with Gasteiger partial charge in [0.1, 0.15) is 6.54 Å². The number of carbonyl (C=O) groups is 1. The Hall–Kier alpha value is -1.79. The van der Waals surface area contributed by atoms with Crippen LogP contribution in [0.4, 0.5) is 13.2 Å². The average Bonchev–Trinajstić information content (AvgIpc) is 2.31. The Morgan fingerprint density at radius 2 is 2.05 bits per heavy atom. The molecule has 0 bridgehead atoms. The summed E-state index contributed by atoms with van der Waals surface area (Å²) in [6.45, 7) is 1.58. The first-order chi connectivity index (χ1) is 8.84. The maximum Gasteiger partial charge on any atom is 0.417 e. The van der Waals surface area contributed by atoms with Gasteiger partial charge < -0.3 is 9.30 Å². The molecule has 0 saturated carbocycles. The third-order valence-corrected chi connectivity index (χ3v) is 2.37. The van der Waals surface area contributed by atoms with Crippen molar-refractivity contribution in [3.8, 4) is 0 Å². The first-order valence-electron chi connectivity index (χ1n) is 5.78. The molecule has 1 aromatic heterocycles. The van der Waals surface area contributed by atoms with Crippen LogP contribution in [-0.2, 0) is 22.3 Å². The Labute approximate surface area is 107 Å². The number of unbranched alkanes of at least 4 members (excludes halogenated alkanes) is 1. The molecule has 106 valence electrons. The Balaban J connectivity index is 2.78. The van der Waals surface area contributed by atoms with Crippen LogP contribution in [0.25, 0.3) is 0 Å². The van der Waals surface area contributed by atoms with E-state index in [-0.39, 0.29) is 6.61 Å². The second-order valence-corrected chi connectivity index (χ2v) is 3.96. The lowest BCUT2D eigenvalue weighted by molar-refractivity contribution is -0.145. The fourth-order valence-electron chi connectivity index (χ4n) is 1.34. The lowest BCUT2D eigenvalue weighted by atomic mass is 10.3. The van der Waals surface area contributed by atoms with Crippen molar-refractivity contribution in [1.82, 2.24) is 4.57 Å². The number of rotatable bonds is 5. The summed E-state index contributed by atoms with van der Waals surface area (Å²) in [7, 11) is 0. The number of pyridine rings is 1. The van der Waals surface area contributed by atoms with Crippen LogP contribution in [0.3, 0.4) is 0 Å². The predicted molar refractivity (Wildman–Crippen MR) is 61.6 cm³/mol. The number of halogens is 3. The zero-order chi connectivity index (χ0) is 14.5. The number of hydrogen-bond acceptors (Lipinski definition) is 3. The van der Waals surface area contributed by atoms with Crippen molar-refractivity contribution in [3.05, 3.63) is 34.2 Å². The molecule has 0 aromatic carbocycles. The van der Waals surface area contributed by atoms with Crippen LogP contribution in [0.15, 0.2) is 23.1 Å². The Kier molecular flexibility index (Phi) is 5.14. The molecule has 0 saturated heterocycles. The number of alkyl halides is 3. The van der Waals surface area contributed by atoms with E-state index in [9.17, 15) is 22.8 Å². The summed E-state index contributed by atoms with van der Waals surface area (Å²) >= 11 is 0. The third-order valence-electron chi connectivity index (χ3n) is 2.37. The van der Waals surface area contributed by atoms with Crippen LogP contribution in [0.1, 0.15) is 25.3 Å². The van der Waals surface area contributed by atoms with Crippen LogP contribution in [0.2, 0.25) is 0 Å². The van der Waals surface area contributed by atoms with Gasteiger partial charge in [-0.05, 0) is 12.5 Å². The van der Waals surface area contributed by atoms with Gasteiger partial charge in [-0.25, -0.2) is 0 Å². The van der Waals surface area contributed by atoms with Crippen molar-refractivity contribution in [3.63, 3.8) is 0 Å². The topological polar surface area (TPSA) is 48.3 Å². The molecular formula is C12H14F3NO3. The van der Waals surface area contributed by atoms with Crippen molar-refractivity contribution in [2.45, 2.75) is 32.5 Å². The number of carbonyl (C=O) groups excluding carboxylic acids is 1. The van der Waals surface area contributed by atoms with Crippen molar-refractivity contribution < 1.29 is 22.7 Å². The average molecular weight is 277 g/mol. The standard InChI is InChI=1S/C12H14F3NO3/c1-2-3-6-19-11(18)8-16-7-9(12(13,14)15)4-5-10(16)17/h4-5,7H,2-3,6,8H2,1H3. The number of esters is 1. The highest BCUT2D eigenvalue weighted by atomic mass is 19.4. The summed E-state index contributed by atoms with van der Waals surface area (Å²) in [6.07, 6.45) is -2.44. The molecule has 1 heterocycles. The molecular weight excluding hydrogens is 263 g/mol. The highest BCUT2D eigenvalue weighted by Gasteiger charge is 2.31. The van der Waals surface area contributed by atoms with Gasteiger partial charge in [0.05, 0.1) is 12.2 Å². The van der Waals surface area contributed by atoms with E-state index in [2.05, 4.69) is 0 Å². The van der Waals surface area contributed by atoms with Gasteiger partial charge >= 0.3 is 12.1 Å². The first-order valence-corrected chi connectivity index (χ1v) is 5.78. The maximum absolute atomic E-state index is 12.5. The van der Waals surface area contributed by atoms with E-state index < -0.39 is 29.8 Å². The molecule has 0 aliphatic heterocycles. The number of aromatic nitrogens is 1. The third kappa shape index (κ3) is 4.76. The van der Waals surface area contributed by atoms with Crippen LogP contribution in [0, 0.1) is 0 Å². The van der Waals surface area contributed by atoms with Gasteiger partial charge in [0.15, 0.2) is 0 Å². The van der Waals surface area contributed by atoms with Gasteiger partial charge in [-0.1, -0.05) is 13.3 Å². The molecule has 4 nitrogen and oxygen atoms in total. The van der Waals surface area contributed by atoms with Gasteiger partial charge in [0.25, 0.3) is 5.56 Å². The van der Waals surface area contributed by atoms with Crippen molar-refractivity contribution in [2.75, 3.05) is 6.61 Å². The monoisotopic (exact) mass is 277 g/mol. The van der Waals surface area contributed by atoms with E-state index in [1.165, 1.54) is 0 Å². The van der Waals surface area contributed by atoms with E-state index in [0.717, 1.165) is 12.5 Å². The molecule has 0 aliphatic rings. The molecule has 19 heavy (non-hydrogen) atoms. The van der Waals surface area contributed by atoms with Crippen LogP contribution in [-0.4, -0.2) is 17.1 Å². The van der Waals surface area contributed by atoms with Gasteiger partial charge in [-0.15, -0.1) is 0 Å². The van der Waals surface area contributed by atoms with E-state index in [1.807, 2.05) is 6.92 Å². The number of ether oxygens (including phenoxy) is 1. The number of nitrogens with zero attached hydrogens (tertiary/aromatic N) is 1. The molecule has 0 fully saturated rings. The normalized spacial score (nSPS) is 11.4. The summed E-state index contributed by atoms with van der Waals surface area (Å²) in [5.41, 5.74) is -1.66. The van der Waals surface area contributed by atoms with E-state index in [1.54, 1.807) is 0 Å². The maximum atomic E-state index is 12.5. The molecule has 0 N–H and O–H groups in total. The minimum Gasteiger partial charge on any atom is -0.464 e. The number of hydrogen-bond donors (Lipinski definition) is 0. The van der Waals surface area contributed by atoms with Crippen LogP contribution < -0.4 is 5.56 Å². The molecule has 0 unspecified atom stereocenters. The predicted octanol–water partition coefficient (Wildman–Crippen LogP) is 2.21. The summed E-state index contributed by atoms with van der Waals surface area (Å²) in [5, 5.41) is 0. The van der Waals surface area contributed by atoms with Gasteiger partial charge in [0, 0.05) is 12.3 Å². The van der Waals surface area contributed by atoms with Crippen LogP contribution in [0.5, 0.6) is 0 Å². The molecule has 0 amide bonds. The molecule has 0 radical (unpaired) electrons. The minimum atomic E-state index is -4.55. The molecule has 0 spiro atoms. The Morgan fingerprint density at radius 1 is 1.37 bits per heavy atom. The van der Waals surface area contributed by atoms with Gasteiger partial charge in [0.2, 0.25) is 0 Å². The van der Waals surface area contributed by atoms with E-state index in [0.29, 0.717) is 23.3 Å². The fourth-order valence-corrected chi connectivity index (χ4v) is 1.34. The molecule has 0 atom stereocenters. The Bertz CT molecular complexity index is 494. The Morgan fingerprint density at radius 3 is 2.63 bits per heavy atom. The highest BCUT2D eigenvalue weighted by molar-refractivity contribution is 5.69. The molecule has 1 aromatic rings. The van der Waals surface area contributed by atoms with Gasteiger partial charge in [-0.3, -0.25) is 9.59 Å². The largest absolute Gasteiger partial charge is 0.464 e. The summed E-state index contributed by atoms with van der Waals surface area (Å²) in [4.78, 5) is 22.7. The molecule has 0 aliphatic carbocycles. The molecule has 1 rings (SSSR count). The highest BCUT2D eigenvalue weighted by Crippen LogP contribution is 2.27. The van der Waals surface area contributed by atoms with E-state index >= 15 is 0 Å². The zero-order valence-electron chi connectivity index (χ0n) is 10.4. The summed E-state index contributed by atoms with van der Waals surface area (Å²) in [6, 6.07) is 1.46. The lowest BCUT2D eigenvalue weighted by Gasteiger charge is -2.10. The minimum absolute atomic E-state index is 0.197. The lowest BCUT2D eigenvalue weighted by Crippen LogP contribution is -2.26. The van der Waals surface area contributed by atoms with E-state index in [4.69, 9.17) is 4.74 Å². The summed E-state index contributed by atoms with van der Waals surface area (Å²) < 4.78 is 42.8. The SMILES string of the molecule is CCCCOC(=O)Cn1cc(C(F)(F)F)ccc1=O. The fraction of sp³-hybridized carbons (Fsp3) is 0.500. The second kappa shape index (κ2) is 6.40. The van der Waals surface area contributed by atoms with Crippen LogP contribution >= 0.6 is 0 Å². The van der Waals surface area contributed by atoms with Crippen molar-refractivity contribution in [1.29, 1.82) is 0 Å². The van der Waals surface area contributed by atoms with Gasteiger partial charge in [-0.2, -0.15) is 13.2 Å². The quantitative estimate of drug-likeness (QED) is 0.612. The zero-order valence-corrected chi connectivity index (χ0v) is 10.4. The smallest absolute Gasteiger partial charge is 0.417 e. The second-order valence-electron chi connectivity index (χ2n) is 3.96. The summed E-state index contributed by atoms with van der Waals surface area (Å²) in [5.74, 6) is -0.727. The van der Waals surface area contributed by atoms with Crippen molar-refractivity contribution in [2.24, 2.45) is 0 Å². The van der Waals surface area contributed by atoms with Crippen molar-refractivity contribution >= 4 is 5.97 Å². The molecule has 7 heteroatoms.